The van der Waals surface area contributed by atoms with Crippen LogP contribution in [0.4, 0.5) is 0 Å². The Hall–Kier alpha value is -2.84. The maximum absolute atomic E-state index is 13.0. The number of halogens is 1. The molecule has 1 heterocycles. The van der Waals surface area contributed by atoms with Crippen LogP contribution in [-0.4, -0.2) is 33.7 Å². The number of rotatable bonds is 6. The summed E-state index contributed by atoms with van der Waals surface area (Å²) in [6.07, 6.45) is 0. The first-order chi connectivity index (χ1) is 13.0. The molecule has 3 N–H and O–H groups in total. The lowest BCUT2D eigenvalue weighted by atomic mass is 10.2. The average molecular weight is 403 g/mol. The van der Waals surface area contributed by atoms with E-state index in [4.69, 9.17) is 17.3 Å². The number of nitrogens with two attached hydrogens (primary N) is 1. The minimum atomic E-state index is -0.631. The van der Waals surface area contributed by atoms with Crippen molar-refractivity contribution in [1.29, 1.82) is 0 Å². The van der Waals surface area contributed by atoms with Crippen LogP contribution in [0.3, 0.4) is 0 Å². The number of para-hydroxylation sites is 1. The van der Waals surface area contributed by atoms with Crippen LogP contribution in [0.5, 0.6) is 0 Å². The van der Waals surface area contributed by atoms with E-state index in [0.717, 1.165) is 11.8 Å². The molecule has 3 aromatic rings. The van der Waals surface area contributed by atoms with Gasteiger partial charge in [-0.2, -0.15) is 0 Å². The molecule has 138 valence electrons. The maximum atomic E-state index is 13.0. The Morgan fingerprint density at radius 2 is 1.96 bits per heavy atom. The first-order valence-corrected chi connectivity index (χ1v) is 9.27. The highest BCUT2D eigenvalue weighted by Gasteiger charge is 2.15. The zero-order valence-corrected chi connectivity index (χ0v) is 15.6. The van der Waals surface area contributed by atoms with Gasteiger partial charge in [0, 0.05) is 5.02 Å². The summed E-state index contributed by atoms with van der Waals surface area (Å²) in [5, 5.41) is 3.68. The number of amides is 2. The lowest BCUT2D eigenvalue weighted by Crippen LogP contribution is -2.34. The Morgan fingerprint density at radius 1 is 1.19 bits per heavy atom. The topological polar surface area (TPSA) is 107 Å². The molecule has 0 radical (unpaired) electrons. The van der Waals surface area contributed by atoms with Crippen molar-refractivity contribution in [2.75, 3.05) is 12.3 Å². The van der Waals surface area contributed by atoms with Gasteiger partial charge in [0.25, 0.3) is 5.56 Å². The van der Waals surface area contributed by atoms with Gasteiger partial charge in [-0.05, 0) is 30.3 Å². The van der Waals surface area contributed by atoms with Crippen molar-refractivity contribution in [3.05, 3.63) is 63.9 Å². The number of carbonyl (C=O) groups excluding carboxylic acids is 2. The molecule has 0 aliphatic heterocycles. The Kier molecular flexibility index (Phi) is 5.78. The van der Waals surface area contributed by atoms with Crippen LogP contribution in [0, 0.1) is 0 Å². The second-order valence-corrected chi connectivity index (χ2v) is 6.94. The Bertz CT molecular complexity index is 1080. The Morgan fingerprint density at radius 3 is 2.70 bits per heavy atom. The van der Waals surface area contributed by atoms with Gasteiger partial charge < -0.3 is 11.1 Å². The monoisotopic (exact) mass is 402 g/mol. The number of nitrogens with one attached hydrogen (secondary N) is 1. The molecule has 0 bridgehead atoms. The summed E-state index contributed by atoms with van der Waals surface area (Å²) >= 11 is 7.15. The predicted molar refractivity (Wildman–Crippen MR) is 105 cm³/mol. The number of carbonyl (C=O) groups is 2. The minimum Gasteiger partial charge on any atom is -0.368 e. The molecule has 0 spiro atoms. The lowest BCUT2D eigenvalue weighted by molar-refractivity contribution is -0.123. The minimum absolute atomic E-state index is 0.0291. The van der Waals surface area contributed by atoms with Crippen LogP contribution in [0.15, 0.2) is 58.5 Å². The fourth-order valence-electron chi connectivity index (χ4n) is 2.42. The van der Waals surface area contributed by atoms with E-state index in [9.17, 15) is 14.4 Å². The third-order valence-corrected chi connectivity index (χ3v) is 4.78. The summed E-state index contributed by atoms with van der Waals surface area (Å²) < 4.78 is 1.42. The predicted octanol–water partition coefficient (Wildman–Crippen LogP) is 1.73. The molecule has 2 aromatic carbocycles. The van der Waals surface area contributed by atoms with Crippen LogP contribution >= 0.6 is 23.4 Å². The van der Waals surface area contributed by atoms with Crippen LogP contribution < -0.4 is 16.6 Å². The number of fused-ring (bicyclic) bond motifs is 1. The number of benzene rings is 2. The highest BCUT2D eigenvalue weighted by molar-refractivity contribution is 7.99. The molecular formula is C18H15ClN4O3S. The standard InChI is InChI=1S/C18H15ClN4O3S/c19-11-4-3-5-12(8-11)23-17(26)13-6-1-2-7-14(13)22-18(23)27-10-16(25)21-9-15(20)24/h1-8H,9-10H2,(H2,20,24)(H,21,25). The van der Waals surface area contributed by atoms with Crippen LogP contribution in [0.2, 0.25) is 5.02 Å². The average Bonchev–Trinajstić information content (AvgIpc) is 2.64. The number of nitrogens with zero attached hydrogens (tertiary/aromatic N) is 2. The number of hydrogen-bond donors (Lipinski definition) is 2. The number of aromatic nitrogens is 2. The lowest BCUT2D eigenvalue weighted by Gasteiger charge is -2.13. The van der Waals surface area contributed by atoms with Gasteiger partial charge >= 0.3 is 0 Å². The molecule has 0 unspecified atom stereocenters. The number of hydrogen-bond acceptors (Lipinski definition) is 5. The number of thioether (sulfide) groups is 1. The van der Waals surface area contributed by atoms with Crippen molar-refractivity contribution in [2.45, 2.75) is 5.16 Å². The van der Waals surface area contributed by atoms with Gasteiger partial charge in [0.15, 0.2) is 5.16 Å². The van der Waals surface area contributed by atoms with Gasteiger partial charge in [0.05, 0.1) is 28.9 Å². The summed E-state index contributed by atoms with van der Waals surface area (Å²) in [5.74, 6) is -1.05. The fourth-order valence-corrected chi connectivity index (χ4v) is 3.45. The van der Waals surface area contributed by atoms with E-state index < -0.39 is 5.91 Å². The molecule has 2 amide bonds. The summed E-state index contributed by atoms with van der Waals surface area (Å²) in [6.45, 7) is -0.244. The van der Waals surface area contributed by atoms with Gasteiger partial charge in [-0.15, -0.1) is 0 Å². The second kappa shape index (κ2) is 8.24. The third-order valence-electron chi connectivity index (χ3n) is 3.60. The summed E-state index contributed by atoms with van der Waals surface area (Å²) in [7, 11) is 0. The first-order valence-electron chi connectivity index (χ1n) is 7.91. The quantitative estimate of drug-likeness (QED) is 0.482. The molecule has 3 rings (SSSR count). The molecule has 0 aliphatic rings. The van der Waals surface area contributed by atoms with Gasteiger partial charge in [-0.3, -0.25) is 19.0 Å². The zero-order chi connectivity index (χ0) is 19.4. The molecule has 0 saturated carbocycles. The van der Waals surface area contributed by atoms with Gasteiger partial charge in [0.1, 0.15) is 0 Å². The summed E-state index contributed by atoms with van der Waals surface area (Å²) in [6, 6.07) is 13.8. The molecule has 0 fully saturated rings. The van der Waals surface area contributed by atoms with E-state index in [2.05, 4.69) is 10.3 Å². The smallest absolute Gasteiger partial charge is 0.266 e. The molecule has 1 aromatic heterocycles. The molecule has 7 nitrogen and oxygen atoms in total. The molecule has 9 heteroatoms. The molecule has 0 atom stereocenters. The van der Waals surface area contributed by atoms with E-state index in [1.807, 2.05) is 0 Å². The molecule has 0 aliphatic carbocycles. The zero-order valence-electron chi connectivity index (χ0n) is 14.0. The van der Waals surface area contributed by atoms with Gasteiger partial charge in [-0.1, -0.05) is 41.6 Å². The van der Waals surface area contributed by atoms with Gasteiger partial charge in [0.2, 0.25) is 11.8 Å². The number of primary amides is 1. The van der Waals surface area contributed by atoms with Gasteiger partial charge in [-0.25, -0.2) is 4.98 Å². The van der Waals surface area contributed by atoms with E-state index in [1.54, 1.807) is 48.5 Å². The van der Waals surface area contributed by atoms with E-state index in [-0.39, 0.29) is 23.8 Å². The van der Waals surface area contributed by atoms with Crippen molar-refractivity contribution < 1.29 is 9.59 Å². The molecule has 27 heavy (non-hydrogen) atoms. The second-order valence-electron chi connectivity index (χ2n) is 5.56. The highest BCUT2D eigenvalue weighted by Crippen LogP contribution is 2.22. The van der Waals surface area contributed by atoms with Crippen LogP contribution in [0.1, 0.15) is 0 Å². The van der Waals surface area contributed by atoms with E-state index >= 15 is 0 Å². The van der Waals surface area contributed by atoms with Crippen molar-refractivity contribution in [2.24, 2.45) is 5.73 Å². The van der Waals surface area contributed by atoms with E-state index in [1.165, 1.54) is 4.57 Å². The largest absolute Gasteiger partial charge is 0.368 e. The fraction of sp³-hybridized carbons (Fsp3) is 0.111. The third kappa shape index (κ3) is 4.47. The molecular weight excluding hydrogens is 388 g/mol. The van der Waals surface area contributed by atoms with Crippen molar-refractivity contribution in [1.82, 2.24) is 14.9 Å². The summed E-state index contributed by atoms with van der Waals surface area (Å²) in [5.41, 5.74) is 5.83. The van der Waals surface area contributed by atoms with E-state index in [0.29, 0.717) is 26.8 Å². The summed E-state index contributed by atoms with van der Waals surface area (Å²) in [4.78, 5) is 40.2. The highest BCUT2D eigenvalue weighted by atomic mass is 35.5. The Balaban J connectivity index is 2.02. The molecule has 0 saturated heterocycles. The van der Waals surface area contributed by atoms with Crippen LogP contribution in [0.25, 0.3) is 16.6 Å². The van der Waals surface area contributed by atoms with Crippen LogP contribution in [-0.2, 0) is 9.59 Å². The normalized spacial score (nSPS) is 10.7. The van der Waals surface area contributed by atoms with Crippen molar-refractivity contribution in [3.63, 3.8) is 0 Å². The van der Waals surface area contributed by atoms with Crippen molar-refractivity contribution >= 4 is 46.1 Å². The SMILES string of the molecule is NC(=O)CNC(=O)CSc1nc2ccccc2c(=O)n1-c1cccc(Cl)c1. The first kappa shape index (κ1) is 18.9. The Labute approximate surface area is 163 Å². The van der Waals surface area contributed by atoms with Crippen molar-refractivity contribution in [3.8, 4) is 5.69 Å². The maximum Gasteiger partial charge on any atom is 0.266 e.